The molecule has 2 rings (SSSR count). The Balaban J connectivity index is 2.27. The van der Waals surface area contributed by atoms with Crippen molar-refractivity contribution in [1.29, 1.82) is 0 Å². The number of hydrogen-bond acceptors (Lipinski definition) is 3. The summed E-state index contributed by atoms with van der Waals surface area (Å²) >= 11 is 0. The van der Waals surface area contributed by atoms with Gasteiger partial charge in [0, 0.05) is 19.3 Å². The fourth-order valence-electron chi connectivity index (χ4n) is 1.98. The van der Waals surface area contributed by atoms with Gasteiger partial charge < -0.3 is 10.6 Å². The molecule has 0 unspecified atom stereocenters. The standard InChI is InChI=1S/C16H18N4O/c1-3-10-19(11-4-2)16(21)14-9-12-20(18-14)15-8-6-5-7-13(15)17/h3-9,12H,1-2,10-11,17H2. The van der Waals surface area contributed by atoms with Gasteiger partial charge in [-0.25, -0.2) is 4.68 Å². The van der Waals surface area contributed by atoms with E-state index in [2.05, 4.69) is 18.3 Å². The van der Waals surface area contributed by atoms with E-state index in [-0.39, 0.29) is 5.91 Å². The van der Waals surface area contributed by atoms with Crippen LogP contribution in [0.25, 0.3) is 5.69 Å². The van der Waals surface area contributed by atoms with Crippen molar-refractivity contribution < 1.29 is 4.79 Å². The zero-order valence-electron chi connectivity index (χ0n) is 11.8. The Morgan fingerprint density at radius 2 is 1.90 bits per heavy atom. The Morgan fingerprint density at radius 1 is 1.24 bits per heavy atom. The fraction of sp³-hybridized carbons (Fsp3) is 0.125. The monoisotopic (exact) mass is 282 g/mol. The number of rotatable bonds is 6. The summed E-state index contributed by atoms with van der Waals surface area (Å²) in [7, 11) is 0. The molecule has 2 N–H and O–H groups in total. The quantitative estimate of drug-likeness (QED) is 0.653. The van der Waals surface area contributed by atoms with Crippen LogP contribution in [0.15, 0.2) is 61.8 Å². The van der Waals surface area contributed by atoms with E-state index in [1.165, 1.54) is 0 Å². The Labute approximate surface area is 124 Å². The first-order chi connectivity index (χ1) is 10.2. The lowest BCUT2D eigenvalue weighted by Crippen LogP contribution is -2.31. The Morgan fingerprint density at radius 3 is 2.52 bits per heavy atom. The zero-order chi connectivity index (χ0) is 15.2. The van der Waals surface area contributed by atoms with Crippen LogP contribution in [0.3, 0.4) is 0 Å². The van der Waals surface area contributed by atoms with E-state index >= 15 is 0 Å². The molecule has 1 aromatic carbocycles. The Hall–Kier alpha value is -2.82. The maximum absolute atomic E-state index is 12.4. The SMILES string of the molecule is C=CCN(CC=C)C(=O)c1ccn(-c2ccccc2N)n1. The predicted molar refractivity (Wildman–Crippen MR) is 84.3 cm³/mol. The van der Waals surface area contributed by atoms with E-state index in [0.717, 1.165) is 5.69 Å². The van der Waals surface area contributed by atoms with Crippen LogP contribution in [0, 0.1) is 0 Å². The number of carbonyl (C=O) groups excluding carboxylic acids is 1. The molecule has 21 heavy (non-hydrogen) atoms. The average molecular weight is 282 g/mol. The highest BCUT2D eigenvalue weighted by Gasteiger charge is 2.16. The Bertz CT molecular complexity index is 650. The Kier molecular flexibility index (Phi) is 4.56. The highest BCUT2D eigenvalue weighted by molar-refractivity contribution is 5.92. The van der Waals surface area contributed by atoms with Gasteiger partial charge >= 0.3 is 0 Å². The van der Waals surface area contributed by atoms with Crippen molar-refractivity contribution in [3.05, 3.63) is 67.5 Å². The lowest BCUT2D eigenvalue weighted by atomic mass is 10.3. The maximum Gasteiger partial charge on any atom is 0.274 e. The number of para-hydroxylation sites is 2. The van der Waals surface area contributed by atoms with Crippen molar-refractivity contribution in [3.8, 4) is 5.69 Å². The molecule has 5 heteroatoms. The van der Waals surface area contributed by atoms with Gasteiger partial charge in [0.2, 0.25) is 0 Å². The van der Waals surface area contributed by atoms with Gasteiger partial charge in [0.05, 0.1) is 11.4 Å². The van der Waals surface area contributed by atoms with Gasteiger partial charge in [0.1, 0.15) is 0 Å². The van der Waals surface area contributed by atoms with Crippen LogP contribution in [0.5, 0.6) is 0 Å². The highest BCUT2D eigenvalue weighted by Crippen LogP contribution is 2.16. The second-order valence-electron chi connectivity index (χ2n) is 4.49. The molecule has 0 saturated heterocycles. The molecular formula is C16H18N4O. The molecule has 0 spiro atoms. The molecule has 0 bridgehead atoms. The summed E-state index contributed by atoms with van der Waals surface area (Å²) in [6.45, 7) is 8.20. The van der Waals surface area contributed by atoms with Gasteiger partial charge in [-0.15, -0.1) is 13.2 Å². The first-order valence-corrected chi connectivity index (χ1v) is 6.59. The van der Waals surface area contributed by atoms with Crippen LogP contribution in [-0.4, -0.2) is 33.7 Å². The smallest absolute Gasteiger partial charge is 0.274 e. The van der Waals surface area contributed by atoms with Crippen molar-refractivity contribution in [2.45, 2.75) is 0 Å². The van der Waals surface area contributed by atoms with Crippen molar-refractivity contribution in [2.24, 2.45) is 0 Å². The summed E-state index contributed by atoms with van der Waals surface area (Å²) in [5.41, 5.74) is 7.62. The van der Waals surface area contributed by atoms with E-state index in [0.29, 0.717) is 24.5 Å². The molecule has 0 aliphatic heterocycles. The van der Waals surface area contributed by atoms with Gasteiger partial charge in [-0.05, 0) is 18.2 Å². The van der Waals surface area contributed by atoms with Crippen molar-refractivity contribution in [3.63, 3.8) is 0 Å². The third-order valence-electron chi connectivity index (χ3n) is 2.98. The number of nitrogens with zero attached hydrogens (tertiary/aromatic N) is 3. The minimum absolute atomic E-state index is 0.164. The molecule has 0 atom stereocenters. The largest absolute Gasteiger partial charge is 0.397 e. The topological polar surface area (TPSA) is 64.2 Å². The summed E-state index contributed by atoms with van der Waals surface area (Å²) in [4.78, 5) is 14.0. The third kappa shape index (κ3) is 3.20. The van der Waals surface area contributed by atoms with Gasteiger partial charge in [0.25, 0.3) is 5.91 Å². The molecule has 1 aromatic heterocycles. The van der Waals surface area contributed by atoms with Gasteiger partial charge in [-0.2, -0.15) is 5.10 Å². The maximum atomic E-state index is 12.4. The predicted octanol–water partition coefficient (Wildman–Crippen LogP) is 2.27. The van der Waals surface area contributed by atoms with Crippen molar-refractivity contribution >= 4 is 11.6 Å². The molecule has 1 amide bonds. The molecule has 0 fully saturated rings. The van der Waals surface area contributed by atoms with E-state index < -0.39 is 0 Å². The number of aromatic nitrogens is 2. The number of nitrogens with two attached hydrogens (primary N) is 1. The second kappa shape index (κ2) is 6.56. The molecule has 1 heterocycles. The van der Waals surface area contributed by atoms with E-state index in [1.807, 2.05) is 18.2 Å². The highest BCUT2D eigenvalue weighted by atomic mass is 16.2. The number of amides is 1. The van der Waals surface area contributed by atoms with Crippen LogP contribution in [-0.2, 0) is 0 Å². The van der Waals surface area contributed by atoms with Crippen LogP contribution in [0.1, 0.15) is 10.5 Å². The zero-order valence-corrected chi connectivity index (χ0v) is 11.8. The lowest BCUT2D eigenvalue weighted by molar-refractivity contribution is 0.0784. The average Bonchev–Trinajstić information content (AvgIpc) is 2.96. The summed E-state index contributed by atoms with van der Waals surface area (Å²) < 4.78 is 1.60. The van der Waals surface area contributed by atoms with Crippen LogP contribution >= 0.6 is 0 Å². The minimum atomic E-state index is -0.164. The number of hydrogen-bond donors (Lipinski definition) is 1. The molecule has 108 valence electrons. The fourth-order valence-corrected chi connectivity index (χ4v) is 1.98. The van der Waals surface area contributed by atoms with Gasteiger partial charge in [0.15, 0.2) is 5.69 Å². The van der Waals surface area contributed by atoms with E-state index in [4.69, 9.17) is 5.73 Å². The minimum Gasteiger partial charge on any atom is -0.397 e. The van der Waals surface area contributed by atoms with Gasteiger partial charge in [-0.1, -0.05) is 24.3 Å². The third-order valence-corrected chi connectivity index (χ3v) is 2.98. The van der Waals surface area contributed by atoms with Crippen LogP contribution in [0.4, 0.5) is 5.69 Å². The molecule has 0 radical (unpaired) electrons. The lowest BCUT2D eigenvalue weighted by Gasteiger charge is -2.17. The first kappa shape index (κ1) is 14.6. The van der Waals surface area contributed by atoms with Crippen LogP contribution < -0.4 is 5.73 Å². The first-order valence-electron chi connectivity index (χ1n) is 6.59. The molecule has 0 aliphatic rings. The van der Waals surface area contributed by atoms with Crippen molar-refractivity contribution in [1.82, 2.24) is 14.7 Å². The second-order valence-corrected chi connectivity index (χ2v) is 4.49. The number of carbonyl (C=O) groups is 1. The molecule has 5 nitrogen and oxygen atoms in total. The van der Waals surface area contributed by atoms with Crippen molar-refractivity contribution in [2.75, 3.05) is 18.8 Å². The van der Waals surface area contributed by atoms with Gasteiger partial charge in [-0.3, -0.25) is 4.79 Å². The number of anilines is 1. The molecule has 0 aliphatic carbocycles. The molecular weight excluding hydrogens is 264 g/mol. The summed E-state index contributed by atoms with van der Waals surface area (Å²) in [6.07, 6.45) is 5.07. The molecule has 2 aromatic rings. The van der Waals surface area contributed by atoms with E-state index in [9.17, 15) is 4.79 Å². The summed E-state index contributed by atoms with van der Waals surface area (Å²) in [5.74, 6) is -0.164. The molecule has 0 saturated carbocycles. The van der Waals surface area contributed by atoms with Crippen LogP contribution in [0.2, 0.25) is 0 Å². The summed E-state index contributed by atoms with van der Waals surface area (Å²) in [5, 5.41) is 4.30. The summed E-state index contributed by atoms with van der Waals surface area (Å²) in [6, 6.07) is 9.04. The normalized spacial score (nSPS) is 10.1. The number of benzene rings is 1. The number of nitrogen functional groups attached to an aromatic ring is 1. The van der Waals surface area contributed by atoms with E-state index in [1.54, 1.807) is 40.1 Å².